The molecule has 3 heteroatoms. The summed E-state index contributed by atoms with van der Waals surface area (Å²) in [6.07, 6.45) is 4.50. The van der Waals surface area contributed by atoms with Gasteiger partial charge in [0.2, 0.25) is 0 Å². The van der Waals surface area contributed by atoms with Crippen molar-refractivity contribution < 1.29 is 0 Å². The Kier molecular flexibility index (Phi) is 1.17. The van der Waals surface area contributed by atoms with Gasteiger partial charge in [-0.3, -0.25) is 0 Å². The zero-order valence-electron chi connectivity index (χ0n) is 5.29. The van der Waals surface area contributed by atoms with E-state index in [9.17, 15) is 0 Å². The number of aromatic nitrogens is 1. The van der Waals surface area contributed by atoms with Crippen LogP contribution in [0.3, 0.4) is 0 Å². The standard InChI is InChI=1S/C7H6N2S/c10-7-3-5-1-2-8-6(5)4-9-7/h1-2,4,8H,3H2. The number of aromatic amines is 1. The van der Waals surface area contributed by atoms with Crippen LogP contribution in [0, 0.1) is 0 Å². The number of hydrogen-bond donors (Lipinski definition) is 1. The molecule has 0 aliphatic carbocycles. The molecule has 1 aliphatic rings. The minimum atomic E-state index is 0.770. The molecule has 0 fully saturated rings. The van der Waals surface area contributed by atoms with Gasteiger partial charge in [0.25, 0.3) is 0 Å². The topological polar surface area (TPSA) is 28.1 Å². The molecule has 0 saturated heterocycles. The third kappa shape index (κ3) is 0.789. The van der Waals surface area contributed by atoms with E-state index in [0.29, 0.717) is 0 Å². The van der Waals surface area contributed by atoms with Crippen molar-refractivity contribution in [2.24, 2.45) is 4.99 Å². The van der Waals surface area contributed by atoms with E-state index < -0.39 is 0 Å². The lowest BCUT2D eigenvalue weighted by Gasteiger charge is -2.02. The van der Waals surface area contributed by atoms with Gasteiger partial charge in [-0.15, -0.1) is 0 Å². The summed E-state index contributed by atoms with van der Waals surface area (Å²) in [5.74, 6) is 0. The van der Waals surface area contributed by atoms with Crippen LogP contribution < -0.4 is 0 Å². The number of fused-ring (bicyclic) bond motifs is 1. The average Bonchev–Trinajstić information content (AvgIpc) is 2.33. The molecule has 0 unspecified atom stereocenters. The second-order valence-electron chi connectivity index (χ2n) is 2.25. The minimum absolute atomic E-state index is 0.770. The van der Waals surface area contributed by atoms with Crippen molar-refractivity contribution >= 4 is 23.4 Å². The zero-order chi connectivity index (χ0) is 6.97. The molecule has 0 saturated carbocycles. The molecule has 0 spiro atoms. The van der Waals surface area contributed by atoms with E-state index in [1.807, 2.05) is 12.3 Å². The third-order valence-electron chi connectivity index (χ3n) is 1.55. The van der Waals surface area contributed by atoms with Crippen LogP contribution >= 0.6 is 12.2 Å². The monoisotopic (exact) mass is 150 g/mol. The average molecular weight is 150 g/mol. The molecule has 0 aromatic carbocycles. The van der Waals surface area contributed by atoms with Gasteiger partial charge in [0.15, 0.2) is 0 Å². The van der Waals surface area contributed by atoms with Crippen molar-refractivity contribution in [1.29, 1.82) is 0 Å². The van der Waals surface area contributed by atoms with Crippen molar-refractivity contribution in [3.8, 4) is 0 Å². The van der Waals surface area contributed by atoms with E-state index in [1.54, 1.807) is 6.21 Å². The van der Waals surface area contributed by atoms with Gasteiger partial charge in [0.05, 0.1) is 11.9 Å². The van der Waals surface area contributed by atoms with Gasteiger partial charge in [0, 0.05) is 12.6 Å². The Morgan fingerprint density at radius 1 is 1.60 bits per heavy atom. The Bertz CT molecular complexity index is 298. The van der Waals surface area contributed by atoms with Crippen molar-refractivity contribution in [2.75, 3.05) is 0 Å². The molecule has 1 aromatic rings. The van der Waals surface area contributed by atoms with Crippen LogP contribution in [0.4, 0.5) is 0 Å². The van der Waals surface area contributed by atoms with E-state index in [2.05, 4.69) is 9.98 Å². The maximum absolute atomic E-state index is 4.94. The summed E-state index contributed by atoms with van der Waals surface area (Å²) in [7, 11) is 0. The summed E-state index contributed by atoms with van der Waals surface area (Å²) in [6.45, 7) is 0. The van der Waals surface area contributed by atoms with Crippen molar-refractivity contribution in [1.82, 2.24) is 4.98 Å². The molecule has 1 aliphatic heterocycles. The first-order valence-electron chi connectivity index (χ1n) is 3.09. The fraction of sp³-hybridized carbons (Fsp3) is 0.143. The molecule has 0 bridgehead atoms. The van der Waals surface area contributed by atoms with Crippen LogP contribution in [0.5, 0.6) is 0 Å². The maximum Gasteiger partial charge on any atom is 0.107 e. The summed E-state index contributed by atoms with van der Waals surface area (Å²) in [5, 5.41) is 0. The fourth-order valence-corrected chi connectivity index (χ4v) is 1.24. The second kappa shape index (κ2) is 2.02. The van der Waals surface area contributed by atoms with E-state index in [0.717, 1.165) is 17.1 Å². The predicted octanol–water partition coefficient (Wildman–Crippen LogP) is 1.32. The number of hydrogen-bond acceptors (Lipinski definition) is 1. The summed E-state index contributed by atoms with van der Waals surface area (Å²) in [5.41, 5.74) is 2.34. The molecule has 2 heterocycles. The minimum Gasteiger partial charge on any atom is -0.360 e. The molecular weight excluding hydrogens is 144 g/mol. The van der Waals surface area contributed by atoms with Gasteiger partial charge in [0.1, 0.15) is 4.99 Å². The van der Waals surface area contributed by atoms with Crippen LogP contribution in [0.2, 0.25) is 0 Å². The highest BCUT2D eigenvalue weighted by molar-refractivity contribution is 7.80. The van der Waals surface area contributed by atoms with E-state index >= 15 is 0 Å². The lowest BCUT2D eigenvalue weighted by atomic mass is 10.1. The van der Waals surface area contributed by atoms with Crippen LogP contribution in [-0.4, -0.2) is 16.2 Å². The van der Waals surface area contributed by atoms with E-state index in [-0.39, 0.29) is 0 Å². The molecule has 0 atom stereocenters. The van der Waals surface area contributed by atoms with Gasteiger partial charge < -0.3 is 4.98 Å². The Labute approximate surface area is 64.0 Å². The van der Waals surface area contributed by atoms with E-state index in [1.165, 1.54) is 5.56 Å². The number of nitrogens with one attached hydrogen (secondary N) is 1. The summed E-state index contributed by atoms with van der Waals surface area (Å²) in [4.78, 5) is 7.86. The Hall–Kier alpha value is -0.960. The van der Waals surface area contributed by atoms with Gasteiger partial charge in [-0.05, 0) is 11.6 Å². The Morgan fingerprint density at radius 2 is 2.50 bits per heavy atom. The van der Waals surface area contributed by atoms with Crippen LogP contribution in [0.1, 0.15) is 11.3 Å². The zero-order valence-corrected chi connectivity index (χ0v) is 6.11. The number of aliphatic imine (C=N–C) groups is 1. The highest BCUT2D eigenvalue weighted by Crippen LogP contribution is 2.10. The quantitative estimate of drug-likeness (QED) is 0.555. The molecule has 2 nitrogen and oxygen atoms in total. The van der Waals surface area contributed by atoms with Crippen LogP contribution in [0.25, 0.3) is 0 Å². The number of nitrogens with zero attached hydrogens (tertiary/aromatic N) is 1. The molecule has 10 heavy (non-hydrogen) atoms. The molecular formula is C7H6N2S. The molecule has 1 aromatic heterocycles. The number of H-pyrrole nitrogens is 1. The lowest BCUT2D eigenvalue weighted by molar-refractivity contribution is 1.27. The normalized spacial score (nSPS) is 15.4. The first-order chi connectivity index (χ1) is 4.86. The van der Waals surface area contributed by atoms with E-state index in [4.69, 9.17) is 12.2 Å². The van der Waals surface area contributed by atoms with Crippen molar-refractivity contribution in [3.05, 3.63) is 23.5 Å². The summed E-state index contributed by atoms with van der Waals surface area (Å²) >= 11 is 4.94. The predicted molar refractivity (Wildman–Crippen MR) is 44.7 cm³/mol. The molecule has 2 rings (SSSR count). The maximum atomic E-state index is 4.94. The largest absolute Gasteiger partial charge is 0.360 e. The SMILES string of the molecule is S=C1Cc2cc[nH]c2C=N1. The molecule has 1 N–H and O–H groups in total. The first-order valence-corrected chi connectivity index (χ1v) is 3.50. The van der Waals surface area contributed by atoms with Gasteiger partial charge in [-0.2, -0.15) is 0 Å². The van der Waals surface area contributed by atoms with Gasteiger partial charge in [-0.1, -0.05) is 12.2 Å². The number of thiocarbonyl (C=S) groups is 1. The van der Waals surface area contributed by atoms with Crippen molar-refractivity contribution in [3.63, 3.8) is 0 Å². The summed E-state index contributed by atoms with van der Waals surface area (Å²) in [6, 6.07) is 2.03. The Balaban J connectivity index is 2.52. The third-order valence-corrected chi connectivity index (χ3v) is 1.80. The highest BCUT2D eigenvalue weighted by Gasteiger charge is 2.07. The molecule has 0 radical (unpaired) electrons. The van der Waals surface area contributed by atoms with Crippen LogP contribution in [-0.2, 0) is 6.42 Å². The highest BCUT2D eigenvalue weighted by atomic mass is 32.1. The van der Waals surface area contributed by atoms with Gasteiger partial charge >= 0.3 is 0 Å². The molecule has 0 amide bonds. The smallest absolute Gasteiger partial charge is 0.107 e. The first kappa shape index (κ1) is 5.80. The lowest BCUT2D eigenvalue weighted by Crippen LogP contribution is -2.04. The Morgan fingerprint density at radius 3 is 3.40 bits per heavy atom. The van der Waals surface area contributed by atoms with Crippen LogP contribution in [0.15, 0.2) is 17.3 Å². The van der Waals surface area contributed by atoms with Gasteiger partial charge in [-0.25, -0.2) is 4.99 Å². The van der Waals surface area contributed by atoms with Crippen molar-refractivity contribution in [2.45, 2.75) is 6.42 Å². The second-order valence-corrected chi connectivity index (χ2v) is 2.72. The summed E-state index contributed by atoms with van der Waals surface area (Å²) < 4.78 is 0. The number of rotatable bonds is 0. The molecule has 50 valence electrons. The fourth-order valence-electron chi connectivity index (χ4n) is 1.03.